The van der Waals surface area contributed by atoms with Gasteiger partial charge in [-0.3, -0.25) is 9.69 Å². The van der Waals surface area contributed by atoms with E-state index >= 15 is 0 Å². The average Bonchev–Trinajstić information content (AvgIpc) is 3.39. The lowest BCUT2D eigenvalue weighted by atomic mass is 9.97. The maximum absolute atomic E-state index is 13.0. The van der Waals surface area contributed by atoms with Gasteiger partial charge in [0.15, 0.2) is 0 Å². The van der Waals surface area contributed by atoms with E-state index in [1.807, 2.05) is 0 Å². The van der Waals surface area contributed by atoms with Crippen LogP contribution in [0.3, 0.4) is 0 Å². The summed E-state index contributed by atoms with van der Waals surface area (Å²) in [7, 11) is 0. The summed E-state index contributed by atoms with van der Waals surface area (Å²) >= 11 is 0. The highest BCUT2D eigenvalue weighted by molar-refractivity contribution is 6.07. The van der Waals surface area contributed by atoms with Gasteiger partial charge in [-0.05, 0) is 38.8 Å². The first-order valence-electron chi connectivity index (χ1n) is 10.0. The van der Waals surface area contributed by atoms with Gasteiger partial charge >= 0.3 is 18.0 Å². The summed E-state index contributed by atoms with van der Waals surface area (Å²) in [6.45, 7) is 3.29. The van der Waals surface area contributed by atoms with Crippen molar-refractivity contribution in [2.75, 3.05) is 13.2 Å². The maximum atomic E-state index is 13.0. The minimum absolute atomic E-state index is 0.0961. The lowest BCUT2D eigenvalue weighted by molar-refractivity contribution is -0.139. The van der Waals surface area contributed by atoms with Crippen molar-refractivity contribution in [3.05, 3.63) is 34.9 Å². The van der Waals surface area contributed by atoms with Crippen LogP contribution in [0.5, 0.6) is 0 Å². The number of carbonyl (C=O) groups excluding carboxylic acids is 4. The number of rotatable bonds is 5. The standard InChI is InChI=1S/C20H24N4O6/c1-3-29-16(25)14-12(21-18(27)22-15(14)13-7-6-11(2)30-13)10-24-17(26)20(23-19(24)28)8-4-5-9-20/h6-7,15H,3-5,8-10H2,1-2H3,(H,23,28)(H2,21,22,27). The molecule has 4 rings (SSSR count). The molecule has 0 aromatic carbocycles. The molecule has 3 N–H and O–H groups in total. The molecule has 1 aromatic rings. The normalized spacial score (nSPS) is 22.9. The number of nitrogens with one attached hydrogen (secondary N) is 3. The van der Waals surface area contributed by atoms with E-state index in [4.69, 9.17) is 9.15 Å². The van der Waals surface area contributed by atoms with Gasteiger partial charge in [-0.25, -0.2) is 14.4 Å². The third-order valence-corrected chi connectivity index (χ3v) is 5.71. The smallest absolute Gasteiger partial charge is 0.338 e. The van der Waals surface area contributed by atoms with Crippen molar-refractivity contribution >= 4 is 23.9 Å². The van der Waals surface area contributed by atoms with Crippen LogP contribution in [0.2, 0.25) is 0 Å². The fraction of sp³-hybridized carbons (Fsp3) is 0.500. The van der Waals surface area contributed by atoms with E-state index in [1.165, 1.54) is 0 Å². The predicted octanol–water partition coefficient (Wildman–Crippen LogP) is 1.62. The molecule has 10 nitrogen and oxygen atoms in total. The number of nitrogens with zero attached hydrogens (tertiary/aromatic N) is 1. The minimum atomic E-state index is -0.900. The van der Waals surface area contributed by atoms with Crippen LogP contribution in [0.15, 0.2) is 27.8 Å². The Bertz CT molecular complexity index is 943. The maximum Gasteiger partial charge on any atom is 0.338 e. The number of imide groups is 1. The number of carbonyl (C=O) groups is 4. The number of ether oxygens (including phenoxy) is 1. The van der Waals surface area contributed by atoms with Crippen LogP contribution in [0.4, 0.5) is 9.59 Å². The van der Waals surface area contributed by atoms with Crippen molar-refractivity contribution < 1.29 is 28.3 Å². The van der Waals surface area contributed by atoms with Crippen LogP contribution < -0.4 is 16.0 Å². The Morgan fingerprint density at radius 3 is 2.63 bits per heavy atom. The largest absolute Gasteiger partial charge is 0.464 e. The molecule has 1 unspecified atom stereocenters. The molecule has 10 heteroatoms. The zero-order chi connectivity index (χ0) is 21.5. The van der Waals surface area contributed by atoms with E-state index in [0.29, 0.717) is 24.4 Å². The van der Waals surface area contributed by atoms with Gasteiger partial charge in [0.2, 0.25) is 0 Å². The highest BCUT2D eigenvalue weighted by Crippen LogP contribution is 2.36. The molecule has 1 spiro atoms. The SMILES string of the molecule is CCOC(=O)C1=C(CN2C(=O)NC3(CCCC3)C2=O)NC(=O)NC1c1ccc(C)o1. The highest BCUT2D eigenvalue weighted by Gasteiger charge is 2.53. The molecule has 1 aliphatic carbocycles. The van der Waals surface area contributed by atoms with Gasteiger partial charge in [-0.1, -0.05) is 12.8 Å². The Labute approximate surface area is 173 Å². The molecular weight excluding hydrogens is 392 g/mol. The molecule has 2 aliphatic heterocycles. The average molecular weight is 416 g/mol. The quantitative estimate of drug-likeness (QED) is 0.494. The van der Waals surface area contributed by atoms with Crippen LogP contribution in [0.25, 0.3) is 0 Å². The molecule has 0 bridgehead atoms. The van der Waals surface area contributed by atoms with E-state index in [2.05, 4.69) is 16.0 Å². The molecule has 2 fully saturated rings. The van der Waals surface area contributed by atoms with Crippen molar-refractivity contribution in [2.24, 2.45) is 0 Å². The zero-order valence-electron chi connectivity index (χ0n) is 16.9. The summed E-state index contributed by atoms with van der Waals surface area (Å²) < 4.78 is 10.8. The molecule has 30 heavy (non-hydrogen) atoms. The molecule has 1 saturated carbocycles. The molecule has 0 radical (unpaired) electrons. The lowest BCUT2D eigenvalue weighted by Gasteiger charge is -2.29. The third kappa shape index (κ3) is 3.31. The third-order valence-electron chi connectivity index (χ3n) is 5.71. The fourth-order valence-electron chi connectivity index (χ4n) is 4.31. The molecule has 1 aromatic heterocycles. The number of hydrogen-bond donors (Lipinski definition) is 3. The lowest BCUT2D eigenvalue weighted by Crippen LogP contribution is -2.49. The molecule has 3 aliphatic rings. The summed E-state index contributed by atoms with van der Waals surface area (Å²) in [5.41, 5.74) is -0.649. The van der Waals surface area contributed by atoms with E-state index in [1.54, 1.807) is 26.0 Å². The Morgan fingerprint density at radius 2 is 2.00 bits per heavy atom. The minimum Gasteiger partial charge on any atom is -0.464 e. The second kappa shape index (κ2) is 7.51. The summed E-state index contributed by atoms with van der Waals surface area (Å²) in [5, 5.41) is 8.02. The van der Waals surface area contributed by atoms with Crippen LogP contribution in [0.1, 0.15) is 50.2 Å². The van der Waals surface area contributed by atoms with Gasteiger partial charge in [0.1, 0.15) is 23.1 Å². The number of esters is 1. The van der Waals surface area contributed by atoms with E-state index in [-0.39, 0.29) is 30.3 Å². The second-order valence-electron chi connectivity index (χ2n) is 7.70. The topological polar surface area (TPSA) is 130 Å². The number of hydrogen-bond acceptors (Lipinski definition) is 6. The Hall–Kier alpha value is -3.30. The molecule has 1 atom stereocenters. The van der Waals surface area contributed by atoms with E-state index < -0.39 is 29.6 Å². The van der Waals surface area contributed by atoms with Crippen molar-refractivity contribution in [2.45, 2.75) is 51.1 Å². The first-order valence-corrected chi connectivity index (χ1v) is 10.0. The first-order chi connectivity index (χ1) is 14.3. The molecule has 1 saturated heterocycles. The molecule has 5 amide bonds. The Kier molecular flexibility index (Phi) is 5.00. The van der Waals surface area contributed by atoms with Crippen molar-refractivity contribution in [3.8, 4) is 0 Å². The van der Waals surface area contributed by atoms with Crippen LogP contribution in [0, 0.1) is 6.92 Å². The van der Waals surface area contributed by atoms with Crippen molar-refractivity contribution in [1.29, 1.82) is 0 Å². The molecule has 3 heterocycles. The van der Waals surface area contributed by atoms with Gasteiger partial charge < -0.3 is 25.1 Å². The monoisotopic (exact) mass is 416 g/mol. The number of urea groups is 2. The van der Waals surface area contributed by atoms with Crippen molar-refractivity contribution in [3.63, 3.8) is 0 Å². The van der Waals surface area contributed by atoms with E-state index in [0.717, 1.165) is 17.7 Å². The summed E-state index contributed by atoms with van der Waals surface area (Å²) in [4.78, 5) is 51.7. The Morgan fingerprint density at radius 1 is 1.27 bits per heavy atom. The summed E-state index contributed by atoms with van der Waals surface area (Å²) in [6.07, 6.45) is 2.88. The molecular formula is C20H24N4O6. The zero-order valence-corrected chi connectivity index (χ0v) is 16.9. The summed E-state index contributed by atoms with van der Waals surface area (Å²) in [5.74, 6) is -0.0345. The number of aryl methyl sites for hydroxylation is 1. The number of furan rings is 1. The summed E-state index contributed by atoms with van der Waals surface area (Å²) in [6, 6.07) is 1.37. The van der Waals surface area contributed by atoms with Gasteiger partial charge in [-0.15, -0.1) is 0 Å². The van der Waals surface area contributed by atoms with Gasteiger partial charge in [0.05, 0.1) is 24.4 Å². The van der Waals surface area contributed by atoms with Crippen LogP contribution in [-0.2, 0) is 14.3 Å². The number of amides is 5. The predicted molar refractivity (Wildman–Crippen MR) is 103 cm³/mol. The fourth-order valence-corrected chi connectivity index (χ4v) is 4.31. The highest BCUT2D eigenvalue weighted by atomic mass is 16.5. The van der Waals surface area contributed by atoms with Crippen LogP contribution in [-0.4, -0.2) is 47.5 Å². The molecule has 160 valence electrons. The van der Waals surface area contributed by atoms with Crippen molar-refractivity contribution in [1.82, 2.24) is 20.9 Å². The van der Waals surface area contributed by atoms with Crippen LogP contribution >= 0.6 is 0 Å². The van der Waals surface area contributed by atoms with Gasteiger partial charge in [-0.2, -0.15) is 0 Å². The first kappa shape index (κ1) is 20.0. The van der Waals surface area contributed by atoms with Gasteiger partial charge in [0, 0.05) is 0 Å². The van der Waals surface area contributed by atoms with E-state index in [9.17, 15) is 19.2 Å². The second-order valence-corrected chi connectivity index (χ2v) is 7.70. The Balaban J connectivity index is 1.71. The van der Waals surface area contributed by atoms with Gasteiger partial charge in [0.25, 0.3) is 5.91 Å².